The van der Waals surface area contributed by atoms with E-state index in [-0.39, 0.29) is 28.7 Å². The Balaban J connectivity index is 0.000000142. The number of aryl methyl sites for hydroxylation is 1. The number of hydrogen-bond donors (Lipinski definition) is 2. The molecule has 0 spiro atoms. The number of amides is 1. The fourth-order valence-electron chi connectivity index (χ4n) is 6.38. The Labute approximate surface area is 385 Å². The van der Waals surface area contributed by atoms with Gasteiger partial charge in [-0.1, -0.05) is 71.2 Å². The molecule has 0 saturated heterocycles. The Hall–Kier alpha value is -7.79. The predicted molar refractivity (Wildman–Crippen MR) is 246 cm³/mol. The van der Waals surface area contributed by atoms with Crippen LogP contribution in [0.25, 0.3) is 67.7 Å². The number of benzene rings is 6. The zero-order valence-electron chi connectivity index (χ0n) is 33.8. The fraction of sp³-hybridized carbons (Fsp3) is 0.0426. The summed E-state index contributed by atoms with van der Waals surface area (Å²) in [5.74, 6) is 0.447. The van der Waals surface area contributed by atoms with E-state index in [1.165, 1.54) is 25.1 Å². The van der Waals surface area contributed by atoms with Crippen LogP contribution in [0.4, 0.5) is 30.2 Å². The lowest BCUT2D eigenvalue weighted by atomic mass is 10.1. The van der Waals surface area contributed by atoms with Gasteiger partial charge in [0.25, 0.3) is 11.6 Å². The van der Waals surface area contributed by atoms with Crippen LogP contribution in [0.2, 0.25) is 15.1 Å². The number of nitrogens with zero attached hydrogens (tertiary/aromatic N) is 5. The van der Waals surface area contributed by atoms with Gasteiger partial charge in [0.05, 0.1) is 47.9 Å². The number of para-hydroxylation sites is 6. The number of alkyl halides is 3. The molecule has 4 aromatic heterocycles. The molecule has 0 saturated carbocycles. The Morgan fingerprint density at radius 3 is 1.55 bits per heavy atom. The molecular weight excluding hydrogens is 922 g/mol. The monoisotopic (exact) mass is 949 g/mol. The van der Waals surface area contributed by atoms with Crippen molar-refractivity contribution < 1.29 is 36.1 Å². The number of pyridine rings is 1. The first-order valence-corrected chi connectivity index (χ1v) is 20.5. The molecular formula is C47H29Cl3F3N7O6. The zero-order valence-corrected chi connectivity index (χ0v) is 36.1. The van der Waals surface area contributed by atoms with Crippen molar-refractivity contribution in [3.63, 3.8) is 0 Å². The first kappa shape index (κ1) is 44.8. The van der Waals surface area contributed by atoms with Crippen LogP contribution in [0.3, 0.4) is 0 Å². The summed E-state index contributed by atoms with van der Waals surface area (Å²) in [6, 6.07) is 38.0. The van der Waals surface area contributed by atoms with E-state index >= 15 is 0 Å². The second kappa shape index (κ2) is 18.7. The van der Waals surface area contributed by atoms with Crippen LogP contribution in [0.1, 0.15) is 21.7 Å². The highest BCUT2D eigenvalue weighted by Gasteiger charge is 2.33. The number of nitrogens with two attached hydrogens (primary N) is 1. The van der Waals surface area contributed by atoms with Crippen molar-refractivity contribution in [2.75, 3.05) is 11.1 Å². The van der Waals surface area contributed by atoms with Gasteiger partial charge in [0.2, 0.25) is 17.7 Å². The Morgan fingerprint density at radius 2 is 1.08 bits per heavy atom. The average molecular weight is 951 g/mol. The predicted octanol–water partition coefficient (Wildman–Crippen LogP) is 13.9. The van der Waals surface area contributed by atoms with Crippen LogP contribution in [0.5, 0.6) is 0 Å². The van der Waals surface area contributed by atoms with E-state index in [1.807, 2.05) is 48.5 Å². The van der Waals surface area contributed by atoms with Crippen LogP contribution in [0, 0.1) is 17.0 Å². The highest BCUT2D eigenvalue weighted by molar-refractivity contribution is 6.34. The normalized spacial score (nSPS) is 11.2. The molecule has 0 atom stereocenters. The molecule has 0 bridgehead atoms. The molecule has 66 heavy (non-hydrogen) atoms. The molecule has 6 aromatic carbocycles. The number of oxazole rings is 3. The standard InChI is InChI=1S/C21H13ClF3N3O2.C13H7ClN2O3.C13H9ClN2O/c1-11-13(7-9-18(26-11)21(23,24)25)19(29)27-12-6-8-15(22)14(10-12)20-28-16-4-2-3-5-17(16)30-20;14-10-6-5-8(16(17)18)7-9(10)13-15-11-3-1-2-4-12(11)19-13;14-10-6-5-8(15)7-9(10)13-16-11-3-1-2-4-12(11)17-13/h2-10H,1H3,(H,27,29);1-7H;1-7H,15H2. The van der Waals surface area contributed by atoms with Gasteiger partial charge < -0.3 is 24.3 Å². The minimum Gasteiger partial charge on any atom is -0.436 e. The summed E-state index contributed by atoms with van der Waals surface area (Å²) in [7, 11) is 0. The number of carbonyl (C=O) groups excluding carboxylic acids is 1. The summed E-state index contributed by atoms with van der Waals surface area (Å²) in [4.78, 5) is 39.4. The maximum atomic E-state index is 12.8. The van der Waals surface area contributed by atoms with Crippen LogP contribution >= 0.6 is 34.8 Å². The van der Waals surface area contributed by atoms with Crippen molar-refractivity contribution in [3.8, 4) is 34.4 Å². The number of nitrogen functional groups attached to an aromatic ring is 1. The maximum absolute atomic E-state index is 12.8. The number of fused-ring (bicyclic) bond motifs is 3. The van der Waals surface area contributed by atoms with Gasteiger partial charge in [0.15, 0.2) is 16.7 Å². The molecule has 330 valence electrons. The SMILES string of the molecule is Cc1nc(C(F)(F)F)ccc1C(=O)Nc1ccc(Cl)c(-c2nc3ccccc3o2)c1.Nc1ccc(Cl)c(-c2nc3ccccc3o2)c1.O=[N+]([O-])c1ccc(Cl)c(-c2nc3ccccc3o2)c1. The van der Waals surface area contributed by atoms with Crippen LogP contribution in [0.15, 0.2) is 153 Å². The molecule has 3 N–H and O–H groups in total. The topological polar surface area (TPSA) is 189 Å². The van der Waals surface area contributed by atoms with Gasteiger partial charge in [-0.2, -0.15) is 13.2 Å². The molecule has 0 fully saturated rings. The number of carbonyl (C=O) groups is 1. The van der Waals surface area contributed by atoms with Gasteiger partial charge in [-0.25, -0.2) is 19.9 Å². The van der Waals surface area contributed by atoms with Crippen molar-refractivity contribution in [1.29, 1.82) is 0 Å². The summed E-state index contributed by atoms with van der Waals surface area (Å²) in [6.45, 7) is 1.34. The Bertz CT molecular complexity index is 3350. The summed E-state index contributed by atoms with van der Waals surface area (Å²) in [6.07, 6.45) is -4.58. The third-order valence-corrected chi connectivity index (χ3v) is 10.6. The molecule has 0 aliphatic rings. The van der Waals surface area contributed by atoms with Crippen LogP contribution < -0.4 is 11.1 Å². The smallest absolute Gasteiger partial charge is 0.433 e. The van der Waals surface area contributed by atoms with Crippen molar-refractivity contribution >= 4 is 91.1 Å². The number of non-ortho nitro benzene ring substituents is 1. The fourth-order valence-corrected chi connectivity index (χ4v) is 6.98. The third kappa shape index (κ3) is 9.95. The van der Waals surface area contributed by atoms with Gasteiger partial charge in [0.1, 0.15) is 22.2 Å². The van der Waals surface area contributed by atoms with Crippen LogP contribution in [-0.4, -0.2) is 30.8 Å². The van der Waals surface area contributed by atoms with Gasteiger partial charge in [-0.15, -0.1) is 0 Å². The summed E-state index contributed by atoms with van der Waals surface area (Å²) >= 11 is 18.4. The molecule has 10 aromatic rings. The largest absolute Gasteiger partial charge is 0.436 e. The van der Waals surface area contributed by atoms with Gasteiger partial charge in [0, 0.05) is 23.5 Å². The van der Waals surface area contributed by atoms with Crippen molar-refractivity contribution in [2.24, 2.45) is 0 Å². The number of aromatic nitrogens is 4. The van der Waals surface area contributed by atoms with Gasteiger partial charge in [-0.3, -0.25) is 14.9 Å². The van der Waals surface area contributed by atoms with Gasteiger partial charge in [-0.05, 0) is 97.9 Å². The summed E-state index contributed by atoms with van der Waals surface area (Å²) in [5, 5.41) is 14.7. The molecule has 0 radical (unpaired) electrons. The molecule has 10 rings (SSSR count). The lowest BCUT2D eigenvalue weighted by molar-refractivity contribution is -0.384. The second-order valence-corrected chi connectivity index (χ2v) is 15.3. The minimum atomic E-state index is -4.58. The number of nitrogens with one attached hydrogen (secondary N) is 1. The third-order valence-electron chi connectivity index (χ3n) is 9.57. The highest BCUT2D eigenvalue weighted by Crippen LogP contribution is 2.35. The van der Waals surface area contributed by atoms with Gasteiger partial charge >= 0.3 is 6.18 Å². The average Bonchev–Trinajstić information content (AvgIpc) is 4.05. The molecule has 13 nitrogen and oxygen atoms in total. The van der Waals surface area contributed by atoms with E-state index in [1.54, 1.807) is 60.7 Å². The van der Waals surface area contributed by atoms with Crippen molar-refractivity contribution in [2.45, 2.75) is 13.1 Å². The van der Waals surface area contributed by atoms with E-state index in [4.69, 9.17) is 53.8 Å². The van der Waals surface area contributed by atoms with Crippen LogP contribution in [-0.2, 0) is 6.18 Å². The molecule has 0 aliphatic heterocycles. The highest BCUT2D eigenvalue weighted by atomic mass is 35.5. The van der Waals surface area contributed by atoms with E-state index in [2.05, 4.69) is 25.3 Å². The van der Waals surface area contributed by atoms with Crippen molar-refractivity contribution in [3.05, 3.63) is 182 Å². The number of rotatable bonds is 6. The van der Waals surface area contributed by atoms with E-state index < -0.39 is 22.7 Å². The summed E-state index contributed by atoms with van der Waals surface area (Å²) in [5.41, 5.74) is 11.3. The lowest BCUT2D eigenvalue weighted by Gasteiger charge is -2.11. The van der Waals surface area contributed by atoms with E-state index in [0.29, 0.717) is 71.2 Å². The number of anilines is 2. The first-order chi connectivity index (χ1) is 31.6. The maximum Gasteiger partial charge on any atom is 0.433 e. The number of nitro benzene ring substituents is 1. The second-order valence-electron chi connectivity index (χ2n) is 14.1. The number of halogens is 6. The number of hydrogen-bond acceptors (Lipinski definition) is 11. The Kier molecular flexibility index (Phi) is 12.7. The first-order valence-electron chi connectivity index (χ1n) is 19.3. The van der Waals surface area contributed by atoms with E-state index in [9.17, 15) is 28.1 Å². The molecule has 0 unspecified atom stereocenters. The van der Waals surface area contributed by atoms with E-state index in [0.717, 1.165) is 23.2 Å². The summed E-state index contributed by atoms with van der Waals surface area (Å²) < 4.78 is 55.2. The van der Waals surface area contributed by atoms with Crippen molar-refractivity contribution in [1.82, 2.24) is 19.9 Å². The molecule has 0 aliphatic carbocycles. The Morgan fingerprint density at radius 1 is 0.621 bits per heavy atom. The zero-order chi connectivity index (χ0) is 46.7. The number of nitro groups is 1. The lowest BCUT2D eigenvalue weighted by Crippen LogP contribution is -2.16. The minimum absolute atomic E-state index is 0.0290. The molecule has 4 heterocycles. The molecule has 19 heteroatoms. The molecule has 1 amide bonds. The quantitative estimate of drug-likeness (QED) is 0.0916.